The molecule has 0 radical (unpaired) electrons. The van der Waals surface area contributed by atoms with Gasteiger partial charge in [0, 0.05) is 29.6 Å². The summed E-state index contributed by atoms with van der Waals surface area (Å²) in [5.74, 6) is 0.861. The Bertz CT molecular complexity index is 837. The van der Waals surface area contributed by atoms with Gasteiger partial charge in [-0.05, 0) is 50.6 Å². The average molecular weight is 325 g/mol. The molecule has 0 bridgehead atoms. The molecule has 0 amide bonds. The first kappa shape index (κ1) is 15.2. The number of H-pyrrole nitrogens is 1. The second-order valence-electron chi connectivity index (χ2n) is 6.67. The summed E-state index contributed by atoms with van der Waals surface area (Å²) in [5, 5.41) is 19.7. The monoisotopic (exact) mass is 325 g/mol. The minimum absolute atomic E-state index is 0.377. The van der Waals surface area contributed by atoms with E-state index in [1.807, 2.05) is 19.1 Å². The van der Waals surface area contributed by atoms with Gasteiger partial charge in [0.05, 0.1) is 18.4 Å². The third-order valence-electron chi connectivity index (χ3n) is 4.91. The molecule has 24 heavy (non-hydrogen) atoms. The lowest BCUT2D eigenvalue weighted by atomic mass is 9.97. The van der Waals surface area contributed by atoms with Crippen LogP contribution in [0, 0.1) is 6.92 Å². The number of phenolic OH excluding ortho intramolecular Hbond substituents is 1. The predicted octanol–water partition coefficient (Wildman–Crippen LogP) is 2.65. The highest BCUT2D eigenvalue weighted by Crippen LogP contribution is 2.36. The van der Waals surface area contributed by atoms with Crippen LogP contribution in [0.4, 0.5) is 0 Å². The van der Waals surface area contributed by atoms with E-state index in [0.29, 0.717) is 11.7 Å². The number of benzene rings is 1. The number of nitrogens with one attached hydrogen (secondary N) is 1. The van der Waals surface area contributed by atoms with Crippen molar-refractivity contribution in [3.8, 4) is 5.75 Å². The second kappa shape index (κ2) is 6.28. The van der Waals surface area contributed by atoms with Crippen molar-refractivity contribution in [2.24, 2.45) is 0 Å². The number of fused-ring (bicyclic) bond motifs is 1. The van der Waals surface area contributed by atoms with Gasteiger partial charge in [0.2, 0.25) is 0 Å². The quantitative estimate of drug-likeness (QED) is 0.756. The normalized spacial score (nSPS) is 18.6. The molecule has 0 spiro atoms. The first-order chi connectivity index (χ1) is 11.7. The minimum Gasteiger partial charge on any atom is -0.507 e. The van der Waals surface area contributed by atoms with Gasteiger partial charge in [-0.1, -0.05) is 6.07 Å². The predicted molar refractivity (Wildman–Crippen MR) is 93.1 cm³/mol. The van der Waals surface area contributed by atoms with Crippen molar-refractivity contribution in [1.82, 2.24) is 24.9 Å². The Kier molecular flexibility index (Phi) is 3.98. The second-order valence-corrected chi connectivity index (χ2v) is 6.67. The van der Waals surface area contributed by atoms with Crippen LogP contribution in [-0.2, 0) is 6.54 Å². The zero-order valence-corrected chi connectivity index (χ0v) is 13.9. The summed E-state index contributed by atoms with van der Waals surface area (Å²) in [6.07, 6.45) is 6.06. The zero-order valence-electron chi connectivity index (χ0n) is 13.9. The van der Waals surface area contributed by atoms with Gasteiger partial charge in [0.1, 0.15) is 5.75 Å². The fraction of sp³-hybridized carbons (Fsp3) is 0.444. The molecule has 1 aliphatic rings. The molecule has 6 heteroatoms. The molecule has 0 saturated carbocycles. The zero-order chi connectivity index (χ0) is 16.5. The third kappa shape index (κ3) is 2.89. The Balaban J connectivity index is 1.37. The lowest BCUT2D eigenvalue weighted by Crippen LogP contribution is -2.23. The number of aromatic amines is 1. The van der Waals surface area contributed by atoms with Gasteiger partial charge in [-0.25, -0.2) is 0 Å². The van der Waals surface area contributed by atoms with Gasteiger partial charge >= 0.3 is 0 Å². The Morgan fingerprint density at radius 2 is 2.25 bits per heavy atom. The van der Waals surface area contributed by atoms with Crippen molar-refractivity contribution in [2.75, 3.05) is 19.6 Å². The van der Waals surface area contributed by atoms with Crippen molar-refractivity contribution >= 4 is 10.9 Å². The standard InChI is InChI=1S/C18H23N5O/c1-13-10-20-23(21-13)8-3-7-22-9-6-14(12-22)15-11-19-16-4-2-5-17(24)18(15)16/h2,4-5,10-11,14,19,24H,3,6-9,12H2,1H3. The molecule has 1 aliphatic heterocycles. The Morgan fingerprint density at radius 3 is 3.08 bits per heavy atom. The summed E-state index contributed by atoms with van der Waals surface area (Å²) in [5.41, 5.74) is 3.23. The van der Waals surface area contributed by atoms with E-state index in [9.17, 15) is 5.11 Å². The van der Waals surface area contributed by atoms with E-state index in [4.69, 9.17) is 0 Å². The third-order valence-corrected chi connectivity index (χ3v) is 4.91. The van der Waals surface area contributed by atoms with Crippen molar-refractivity contribution in [3.05, 3.63) is 41.9 Å². The van der Waals surface area contributed by atoms with Crippen LogP contribution in [0.3, 0.4) is 0 Å². The lowest BCUT2D eigenvalue weighted by molar-refractivity contribution is 0.313. The van der Waals surface area contributed by atoms with Crippen LogP contribution in [-0.4, -0.2) is 49.6 Å². The van der Waals surface area contributed by atoms with Crippen molar-refractivity contribution in [2.45, 2.75) is 32.2 Å². The lowest BCUT2D eigenvalue weighted by Gasteiger charge is -2.15. The number of aromatic hydroxyl groups is 1. The van der Waals surface area contributed by atoms with Crippen LogP contribution < -0.4 is 0 Å². The van der Waals surface area contributed by atoms with E-state index in [0.717, 1.165) is 55.6 Å². The molecule has 2 N–H and O–H groups in total. The van der Waals surface area contributed by atoms with Gasteiger partial charge in [0.25, 0.3) is 0 Å². The molecule has 126 valence electrons. The number of nitrogens with zero attached hydrogens (tertiary/aromatic N) is 4. The van der Waals surface area contributed by atoms with E-state index < -0.39 is 0 Å². The summed E-state index contributed by atoms with van der Waals surface area (Å²) < 4.78 is 0. The van der Waals surface area contributed by atoms with E-state index in [1.165, 1.54) is 5.56 Å². The van der Waals surface area contributed by atoms with Crippen LogP contribution >= 0.6 is 0 Å². The van der Waals surface area contributed by atoms with Crippen molar-refractivity contribution in [3.63, 3.8) is 0 Å². The molecule has 1 aromatic carbocycles. The topological polar surface area (TPSA) is 70.0 Å². The molecule has 1 saturated heterocycles. The maximum absolute atomic E-state index is 10.2. The molecule has 2 aromatic heterocycles. The Morgan fingerprint density at radius 1 is 1.33 bits per heavy atom. The van der Waals surface area contributed by atoms with Crippen LogP contribution in [0.5, 0.6) is 5.75 Å². The number of aromatic nitrogens is 4. The maximum Gasteiger partial charge on any atom is 0.125 e. The minimum atomic E-state index is 0.377. The van der Waals surface area contributed by atoms with E-state index in [2.05, 4.69) is 26.3 Å². The first-order valence-corrected chi connectivity index (χ1v) is 8.59. The highest BCUT2D eigenvalue weighted by Gasteiger charge is 2.26. The summed E-state index contributed by atoms with van der Waals surface area (Å²) >= 11 is 0. The molecule has 6 nitrogen and oxygen atoms in total. The number of rotatable bonds is 5. The highest BCUT2D eigenvalue weighted by atomic mass is 16.3. The van der Waals surface area contributed by atoms with E-state index in [1.54, 1.807) is 17.1 Å². The van der Waals surface area contributed by atoms with Gasteiger partial charge in [-0.2, -0.15) is 15.0 Å². The van der Waals surface area contributed by atoms with E-state index in [-0.39, 0.29) is 0 Å². The largest absolute Gasteiger partial charge is 0.507 e. The van der Waals surface area contributed by atoms with Crippen molar-refractivity contribution < 1.29 is 5.11 Å². The smallest absolute Gasteiger partial charge is 0.125 e. The van der Waals surface area contributed by atoms with Gasteiger partial charge in [-0.15, -0.1) is 0 Å². The molecule has 4 rings (SSSR count). The van der Waals surface area contributed by atoms with Crippen LogP contribution in [0.15, 0.2) is 30.6 Å². The molecule has 1 fully saturated rings. The molecular weight excluding hydrogens is 302 g/mol. The number of aryl methyl sites for hydroxylation is 2. The summed E-state index contributed by atoms with van der Waals surface area (Å²) in [6.45, 7) is 6.04. The fourth-order valence-electron chi connectivity index (χ4n) is 3.73. The van der Waals surface area contributed by atoms with Gasteiger partial charge < -0.3 is 15.0 Å². The average Bonchev–Trinajstić information content (AvgIpc) is 3.27. The molecule has 3 heterocycles. The SMILES string of the molecule is Cc1cnn(CCCN2CCC(c3c[nH]c4cccc(O)c34)C2)n1. The number of phenols is 1. The van der Waals surface area contributed by atoms with E-state index >= 15 is 0 Å². The summed E-state index contributed by atoms with van der Waals surface area (Å²) in [7, 11) is 0. The van der Waals surface area contributed by atoms with Crippen LogP contribution in [0.1, 0.15) is 30.0 Å². The molecule has 1 atom stereocenters. The molecular formula is C18H23N5O. The Labute approximate surface area is 141 Å². The maximum atomic E-state index is 10.2. The fourth-order valence-corrected chi connectivity index (χ4v) is 3.73. The first-order valence-electron chi connectivity index (χ1n) is 8.59. The number of likely N-dealkylation sites (tertiary alicyclic amines) is 1. The van der Waals surface area contributed by atoms with Gasteiger partial charge in [0.15, 0.2) is 0 Å². The van der Waals surface area contributed by atoms with Crippen LogP contribution in [0.25, 0.3) is 10.9 Å². The highest BCUT2D eigenvalue weighted by molar-refractivity contribution is 5.89. The molecule has 0 aliphatic carbocycles. The summed E-state index contributed by atoms with van der Waals surface area (Å²) in [6, 6.07) is 5.67. The molecule has 3 aromatic rings. The number of hydrogen-bond acceptors (Lipinski definition) is 4. The van der Waals surface area contributed by atoms with Crippen molar-refractivity contribution in [1.29, 1.82) is 0 Å². The van der Waals surface area contributed by atoms with Gasteiger partial charge in [-0.3, -0.25) is 0 Å². The summed E-state index contributed by atoms with van der Waals surface area (Å²) in [4.78, 5) is 7.57. The number of hydrogen-bond donors (Lipinski definition) is 2. The molecule has 1 unspecified atom stereocenters. The Hall–Kier alpha value is -2.34. The van der Waals surface area contributed by atoms with Crippen LogP contribution in [0.2, 0.25) is 0 Å².